The maximum Gasteiger partial charge on any atom is 0.252 e. The van der Waals surface area contributed by atoms with Crippen molar-refractivity contribution in [2.45, 2.75) is 88.4 Å². The van der Waals surface area contributed by atoms with E-state index in [2.05, 4.69) is 15.5 Å². The van der Waals surface area contributed by atoms with Crippen LogP contribution in [0.1, 0.15) is 68.8 Å². The number of aliphatic hydroxyl groups excluding tert-OH is 1. The fourth-order valence-electron chi connectivity index (χ4n) is 6.06. The fraction of sp³-hybridized carbons (Fsp3) is 0.562. The quantitative estimate of drug-likeness (QED) is 0.327. The third kappa shape index (κ3) is 8.02. The van der Waals surface area contributed by atoms with Gasteiger partial charge in [0.25, 0.3) is 5.91 Å². The van der Waals surface area contributed by atoms with Crippen molar-refractivity contribution in [2.75, 3.05) is 18.8 Å². The number of carbonyl (C=O) groups excluding carboxylic acids is 2. The number of phenolic OH excluding ortho intramolecular Hbond substituents is 1. The summed E-state index contributed by atoms with van der Waals surface area (Å²) in [7, 11) is 0. The van der Waals surface area contributed by atoms with Crippen LogP contribution in [0.25, 0.3) is 0 Å². The number of phenols is 1. The number of aliphatic hydroxyl groups is 1. The Kier molecular flexibility index (Phi) is 10.2. The fourth-order valence-corrected chi connectivity index (χ4v) is 7.09. The van der Waals surface area contributed by atoms with Crippen molar-refractivity contribution in [3.05, 3.63) is 59.7 Å². The average Bonchev–Trinajstić information content (AvgIpc) is 2.91. The van der Waals surface area contributed by atoms with Crippen molar-refractivity contribution in [3.63, 3.8) is 0 Å². The van der Waals surface area contributed by atoms with Crippen molar-refractivity contribution in [1.82, 2.24) is 15.5 Å². The number of hydrogen-bond donors (Lipinski definition) is 4. The number of nitrogens with one attached hydrogen (secondary N) is 2. The largest absolute Gasteiger partial charge is 0.508 e. The summed E-state index contributed by atoms with van der Waals surface area (Å²) >= 11 is 1.57. The van der Waals surface area contributed by atoms with E-state index in [-0.39, 0.29) is 29.1 Å². The Morgan fingerprint density at radius 1 is 1.05 bits per heavy atom. The summed E-state index contributed by atoms with van der Waals surface area (Å²) in [5.41, 5.74) is 0.543. The zero-order chi connectivity index (χ0) is 28.9. The molecule has 218 valence electrons. The van der Waals surface area contributed by atoms with Crippen LogP contribution in [0.2, 0.25) is 0 Å². The van der Waals surface area contributed by atoms with Crippen LogP contribution < -0.4 is 10.6 Å². The van der Waals surface area contributed by atoms with E-state index in [1.165, 1.54) is 12.8 Å². The zero-order valence-electron chi connectivity index (χ0n) is 24.2. The first-order chi connectivity index (χ1) is 19.0. The molecule has 0 aromatic heterocycles. The predicted octanol–water partition coefficient (Wildman–Crippen LogP) is 4.75. The van der Waals surface area contributed by atoms with Gasteiger partial charge >= 0.3 is 0 Å². The monoisotopic (exact) mass is 567 g/mol. The van der Waals surface area contributed by atoms with Crippen LogP contribution in [0, 0.1) is 18.8 Å². The smallest absolute Gasteiger partial charge is 0.252 e. The van der Waals surface area contributed by atoms with Crippen LogP contribution in [0.3, 0.4) is 0 Å². The molecule has 1 aliphatic carbocycles. The molecule has 0 bridgehead atoms. The number of carbonyl (C=O) groups is 2. The molecule has 2 aliphatic rings. The first-order valence-electron chi connectivity index (χ1n) is 14.5. The first kappa shape index (κ1) is 30.4. The lowest BCUT2D eigenvalue weighted by atomic mass is 9.72. The molecule has 1 saturated heterocycles. The van der Waals surface area contributed by atoms with E-state index in [4.69, 9.17) is 0 Å². The number of fused-ring (bicyclic) bond motifs is 1. The average molecular weight is 568 g/mol. The number of hydrogen-bond acceptors (Lipinski definition) is 6. The Morgan fingerprint density at radius 3 is 2.45 bits per heavy atom. The maximum atomic E-state index is 13.5. The lowest BCUT2D eigenvalue weighted by Gasteiger charge is -2.47. The summed E-state index contributed by atoms with van der Waals surface area (Å²) in [6.45, 7) is 8.76. The van der Waals surface area contributed by atoms with Crippen molar-refractivity contribution in [1.29, 1.82) is 0 Å². The maximum absolute atomic E-state index is 13.5. The summed E-state index contributed by atoms with van der Waals surface area (Å²) in [5.74, 6) is 1.27. The third-order valence-electron chi connectivity index (χ3n) is 8.23. The molecular formula is C32H45N3O4S. The van der Waals surface area contributed by atoms with Gasteiger partial charge in [-0.05, 0) is 76.6 Å². The Bertz CT molecular complexity index is 1150. The minimum atomic E-state index is -0.886. The molecule has 1 aliphatic heterocycles. The van der Waals surface area contributed by atoms with E-state index in [0.29, 0.717) is 35.3 Å². The highest BCUT2D eigenvalue weighted by molar-refractivity contribution is 7.99. The molecule has 7 nitrogen and oxygen atoms in total. The summed E-state index contributed by atoms with van der Waals surface area (Å²) in [4.78, 5) is 30.0. The topological polar surface area (TPSA) is 102 Å². The van der Waals surface area contributed by atoms with Gasteiger partial charge in [0, 0.05) is 40.4 Å². The first-order valence-corrected chi connectivity index (χ1v) is 15.5. The van der Waals surface area contributed by atoms with Crippen LogP contribution in [-0.2, 0) is 4.79 Å². The van der Waals surface area contributed by atoms with Gasteiger partial charge in [0.15, 0.2) is 0 Å². The van der Waals surface area contributed by atoms with E-state index in [1.807, 2.05) is 51.1 Å². The van der Waals surface area contributed by atoms with Crippen LogP contribution in [0.4, 0.5) is 0 Å². The number of thioether (sulfide) groups is 1. The number of nitrogens with zero attached hydrogens (tertiary/aromatic N) is 1. The van der Waals surface area contributed by atoms with Gasteiger partial charge in [0.1, 0.15) is 5.75 Å². The molecule has 0 spiro atoms. The van der Waals surface area contributed by atoms with Crippen molar-refractivity contribution >= 4 is 23.6 Å². The molecule has 1 heterocycles. The number of aromatic hydroxyl groups is 1. The summed E-state index contributed by atoms with van der Waals surface area (Å²) in [6, 6.07) is 13.9. The second-order valence-electron chi connectivity index (χ2n) is 12.5. The van der Waals surface area contributed by atoms with E-state index in [0.717, 1.165) is 30.7 Å². The zero-order valence-corrected chi connectivity index (χ0v) is 25.0. The third-order valence-corrected chi connectivity index (χ3v) is 9.36. The van der Waals surface area contributed by atoms with Crippen molar-refractivity contribution in [2.24, 2.45) is 11.8 Å². The van der Waals surface area contributed by atoms with Gasteiger partial charge in [-0.25, -0.2) is 0 Å². The molecule has 1 saturated carbocycles. The number of benzene rings is 2. The highest BCUT2D eigenvalue weighted by atomic mass is 32.2. The summed E-state index contributed by atoms with van der Waals surface area (Å²) < 4.78 is 0. The molecule has 4 rings (SSSR count). The van der Waals surface area contributed by atoms with Crippen LogP contribution in [0.5, 0.6) is 5.75 Å². The van der Waals surface area contributed by atoms with Gasteiger partial charge in [0.2, 0.25) is 5.91 Å². The van der Waals surface area contributed by atoms with Gasteiger partial charge in [-0.3, -0.25) is 14.5 Å². The van der Waals surface area contributed by atoms with Gasteiger partial charge in [0.05, 0.1) is 18.2 Å². The Labute approximate surface area is 243 Å². The minimum Gasteiger partial charge on any atom is -0.508 e. The van der Waals surface area contributed by atoms with Gasteiger partial charge < -0.3 is 20.8 Å². The molecule has 3 unspecified atom stereocenters. The van der Waals surface area contributed by atoms with Crippen LogP contribution in [-0.4, -0.2) is 69.5 Å². The molecule has 5 atom stereocenters. The molecule has 4 N–H and O–H groups in total. The normalized spacial score (nSPS) is 23.1. The van der Waals surface area contributed by atoms with E-state index >= 15 is 0 Å². The molecule has 8 heteroatoms. The molecule has 0 radical (unpaired) electrons. The summed E-state index contributed by atoms with van der Waals surface area (Å²) in [5, 5.41) is 28.0. The number of β-amino-alcohol motifs (C(OH)–C–C–N with tert-alkyl or cyclic N) is 1. The number of likely N-dealkylation sites (tertiary alicyclic amines) is 1. The van der Waals surface area contributed by atoms with Gasteiger partial charge in [-0.1, -0.05) is 43.5 Å². The molecule has 2 amide bonds. The SMILES string of the molecule is Cc1c(O)cccc1C(=O)NC(CSc1ccccc1)C(O)CN1C[C@@H]2CCCC[C@H]2CC1C(=O)NC(C)(C)C. The second-order valence-corrected chi connectivity index (χ2v) is 13.6. The van der Waals surface area contributed by atoms with E-state index in [1.54, 1.807) is 36.9 Å². The van der Waals surface area contributed by atoms with Crippen molar-refractivity contribution < 1.29 is 19.8 Å². The summed E-state index contributed by atoms with van der Waals surface area (Å²) in [6.07, 6.45) is 4.67. The lowest BCUT2D eigenvalue weighted by Crippen LogP contribution is -2.60. The molecule has 40 heavy (non-hydrogen) atoms. The van der Waals surface area contributed by atoms with Crippen LogP contribution in [0.15, 0.2) is 53.4 Å². The van der Waals surface area contributed by atoms with Gasteiger partial charge in [-0.15, -0.1) is 11.8 Å². The van der Waals surface area contributed by atoms with Crippen molar-refractivity contribution in [3.8, 4) is 5.75 Å². The number of piperidine rings is 1. The molecular weight excluding hydrogens is 522 g/mol. The predicted molar refractivity (Wildman–Crippen MR) is 161 cm³/mol. The Hall–Kier alpha value is -2.55. The highest BCUT2D eigenvalue weighted by Gasteiger charge is 2.41. The molecule has 2 fully saturated rings. The standard InChI is InChI=1S/C32H45N3O4S/c1-21-25(15-10-16-28(21)36)30(38)33-26(20-40-24-13-6-5-7-14-24)29(37)19-35-18-23-12-9-8-11-22(23)17-27(35)31(39)34-32(2,3)4/h5-7,10,13-16,22-23,26-27,29,36-37H,8-9,11-12,17-20H2,1-4H3,(H,33,38)(H,34,39)/t22-,23-,26?,27?,29?/m0/s1. The Balaban J connectivity index is 1.54. The highest BCUT2D eigenvalue weighted by Crippen LogP contribution is 2.39. The Morgan fingerprint density at radius 2 is 1.75 bits per heavy atom. The minimum absolute atomic E-state index is 0.0124. The lowest BCUT2D eigenvalue weighted by molar-refractivity contribution is -0.132. The molecule has 2 aromatic rings. The van der Waals surface area contributed by atoms with E-state index in [9.17, 15) is 19.8 Å². The van der Waals surface area contributed by atoms with Crippen LogP contribution >= 0.6 is 11.8 Å². The second kappa shape index (κ2) is 13.4. The van der Waals surface area contributed by atoms with Gasteiger partial charge in [-0.2, -0.15) is 0 Å². The molecule has 2 aromatic carbocycles. The van der Waals surface area contributed by atoms with E-state index < -0.39 is 12.1 Å². The number of amides is 2. The number of rotatable bonds is 9.